The molecule has 8 heteroatoms. The first-order valence-corrected chi connectivity index (χ1v) is 6.49. The van der Waals surface area contributed by atoms with Gasteiger partial charge in [0, 0.05) is 5.56 Å². The highest BCUT2D eigenvalue weighted by Gasteiger charge is 2.30. The number of amidine groups is 1. The minimum atomic E-state index is -4.52. The molecule has 0 bridgehead atoms. The van der Waals surface area contributed by atoms with Crippen LogP contribution in [0.2, 0.25) is 0 Å². The maximum Gasteiger partial charge on any atom is 0.416 e. The third-order valence-corrected chi connectivity index (χ3v) is 2.82. The van der Waals surface area contributed by atoms with Crippen molar-refractivity contribution in [3.05, 3.63) is 59.5 Å². The van der Waals surface area contributed by atoms with E-state index in [0.717, 1.165) is 18.2 Å². The van der Waals surface area contributed by atoms with Crippen molar-refractivity contribution < 1.29 is 27.1 Å². The maximum absolute atomic E-state index is 12.6. The molecular formula is C15H13F3N2O3. The lowest BCUT2D eigenvalue weighted by Crippen LogP contribution is -2.32. The average Bonchev–Trinajstić information content (AvgIpc) is 3.04. The fourth-order valence-corrected chi connectivity index (χ4v) is 1.71. The van der Waals surface area contributed by atoms with E-state index in [1.54, 1.807) is 12.1 Å². The second kappa shape index (κ2) is 6.99. The van der Waals surface area contributed by atoms with Crippen molar-refractivity contribution in [1.82, 2.24) is 5.32 Å². The molecule has 0 saturated carbocycles. The zero-order valence-electron chi connectivity index (χ0n) is 12.1. The van der Waals surface area contributed by atoms with Crippen LogP contribution in [0.1, 0.15) is 21.7 Å². The van der Waals surface area contributed by atoms with Crippen molar-refractivity contribution in [2.75, 3.05) is 7.11 Å². The van der Waals surface area contributed by atoms with E-state index in [4.69, 9.17) is 9.15 Å². The fourth-order valence-electron chi connectivity index (χ4n) is 1.71. The normalized spacial score (nSPS) is 12.1. The van der Waals surface area contributed by atoms with Gasteiger partial charge in [-0.15, -0.1) is 0 Å². The van der Waals surface area contributed by atoms with E-state index in [9.17, 15) is 18.0 Å². The lowest BCUT2D eigenvalue weighted by Gasteiger charge is -2.10. The summed E-state index contributed by atoms with van der Waals surface area (Å²) >= 11 is 0. The number of furan rings is 1. The Morgan fingerprint density at radius 1 is 1.30 bits per heavy atom. The number of halogens is 3. The summed E-state index contributed by atoms with van der Waals surface area (Å²) in [7, 11) is 1.29. The van der Waals surface area contributed by atoms with E-state index in [2.05, 4.69) is 10.3 Å². The smallest absolute Gasteiger partial charge is 0.416 e. The predicted molar refractivity (Wildman–Crippen MR) is 75.8 cm³/mol. The van der Waals surface area contributed by atoms with E-state index in [-0.39, 0.29) is 18.1 Å². The summed E-state index contributed by atoms with van der Waals surface area (Å²) in [6, 6.07) is 7.32. The molecule has 0 unspecified atom stereocenters. The summed E-state index contributed by atoms with van der Waals surface area (Å²) in [5, 5.41) is 2.30. The second-order valence-electron chi connectivity index (χ2n) is 4.44. The van der Waals surface area contributed by atoms with Crippen LogP contribution in [-0.4, -0.2) is 19.0 Å². The van der Waals surface area contributed by atoms with Crippen LogP contribution in [-0.2, 0) is 17.5 Å². The van der Waals surface area contributed by atoms with Crippen molar-refractivity contribution in [1.29, 1.82) is 0 Å². The molecule has 1 amide bonds. The van der Waals surface area contributed by atoms with E-state index in [0.29, 0.717) is 5.76 Å². The molecule has 2 aromatic rings. The lowest BCUT2D eigenvalue weighted by atomic mass is 10.1. The van der Waals surface area contributed by atoms with Crippen LogP contribution in [0.4, 0.5) is 13.2 Å². The van der Waals surface area contributed by atoms with Gasteiger partial charge in [0.05, 0.1) is 18.9 Å². The zero-order valence-corrected chi connectivity index (χ0v) is 12.1. The Hall–Kier alpha value is -2.77. The highest BCUT2D eigenvalue weighted by atomic mass is 19.4. The number of nitrogens with one attached hydrogen (secondary N) is 1. The molecule has 2 rings (SSSR count). The summed E-state index contributed by atoms with van der Waals surface area (Å²) in [6.45, 7) is 0.124. The van der Waals surface area contributed by atoms with E-state index >= 15 is 0 Å². The standard InChI is InChI=1S/C15H13F3N2O3/c1-22-14(19-9-12-6-3-7-23-12)20-13(21)10-4-2-5-11(8-10)15(16,17)18/h2-8H,9H2,1H3,(H,19,20,21). The van der Waals surface area contributed by atoms with Gasteiger partial charge in [-0.05, 0) is 30.3 Å². The van der Waals surface area contributed by atoms with Gasteiger partial charge in [-0.25, -0.2) is 4.99 Å². The van der Waals surface area contributed by atoms with E-state index in [1.807, 2.05) is 0 Å². The number of benzene rings is 1. The van der Waals surface area contributed by atoms with E-state index in [1.165, 1.54) is 19.4 Å². The number of alkyl halides is 3. The van der Waals surface area contributed by atoms with Gasteiger partial charge in [-0.2, -0.15) is 13.2 Å². The number of carbonyl (C=O) groups excluding carboxylic acids is 1. The molecule has 5 nitrogen and oxygen atoms in total. The van der Waals surface area contributed by atoms with Crippen LogP contribution >= 0.6 is 0 Å². The number of hydrogen-bond acceptors (Lipinski definition) is 4. The summed E-state index contributed by atoms with van der Waals surface area (Å²) in [5.41, 5.74) is -1.06. The molecule has 1 heterocycles. The molecule has 0 saturated heterocycles. The Labute approximate surface area is 129 Å². The van der Waals surface area contributed by atoms with Gasteiger partial charge in [0.1, 0.15) is 12.3 Å². The number of hydrogen-bond donors (Lipinski definition) is 1. The largest absolute Gasteiger partial charge is 0.468 e. The minimum Gasteiger partial charge on any atom is -0.468 e. The Morgan fingerprint density at radius 3 is 2.70 bits per heavy atom. The van der Waals surface area contributed by atoms with Crippen LogP contribution < -0.4 is 5.32 Å². The summed E-state index contributed by atoms with van der Waals surface area (Å²) in [6.07, 6.45) is -3.05. The van der Waals surface area contributed by atoms with E-state index < -0.39 is 17.6 Å². The maximum atomic E-state index is 12.6. The highest BCUT2D eigenvalue weighted by Crippen LogP contribution is 2.29. The molecule has 0 spiro atoms. The van der Waals surface area contributed by atoms with Crippen LogP contribution in [0.3, 0.4) is 0 Å². The summed E-state index contributed by atoms with van der Waals surface area (Å²) < 4.78 is 47.9. The van der Waals surface area contributed by atoms with Gasteiger partial charge >= 0.3 is 6.18 Å². The third kappa shape index (κ3) is 4.60. The van der Waals surface area contributed by atoms with Gasteiger partial charge in [0.2, 0.25) is 0 Å². The number of ether oxygens (including phenoxy) is 1. The third-order valence-electron chi connectivity index (χ3n) is 2.82. The van der Waals surface area contributed by atoms with Gasteiger partial charge < -0.3 is 9.15 Å². The molecular weight excluding hydrogens is 313 g/mol. The Balaban J connectivity index is 2.09. The molecule has 122 valence electrons. The number of rotatable bonds is 3. The molecule has 0 atom stereocenters. The Kier molecular flexibility index (Phi) is 5.05. The monoisotopic (exact) mass is 326 g/mol. The van der Waals surface area contributed by atoms with Crippen LogP contribution in [0.5, 0.6) is 0 Å². The number of nitrogens with zero attached hydrogens (tertiary/aromatic N) is 1. The molecule has 0 aliphatic heterocycles. The van der Waals surface area contributed by atoms with Crippen molar-refractivity contribution in [2.45, 2.75) is 12.7 Å². The molecule has 0 fully saturated rings. The first-order valence-electron chi connectivity index (χ1n) is 6.49. The van der Waals surface area contributed by atoms with Crippen LogP contribution in [0.15, 0.2) is 52.1 Å². The summed E-state index contributed by atoms with van der Waals surface area (Å²) in [5.74, 6) is -0.205. The van der Waals surface area contributed by atoms with Crippen molar-refractivity contribution >= 4 is 11.9 Å². The molecule has 0 aliphatic rings. The highest BCUT2D eigenvalue weighted by molar-refractivity contribution is 6.04. The Morgan fingerprint density at radius 2 is 2.09 bits per heavy atom. The molecule has 1 aromatic carbocycles. The quantitative estimate of drug-likeness (QED) is 0.696. The number of methoxy groups -OCH3 is 1. The second-order valence-corrected chi connectivity index (χ2v) is 4.44. The predicted octanol–water partition coefficient (Wildman–Crippen LogP) is 3.23. The van der Waals surface area contributed by atoms with Gasteiger partial charge in [0.15, 0.2) is 0 Å². The zero-order chi connectivity index (χ0) is 16.9. The average molecular weight is 326 g/mol. The number of amides is 1. The molecule has 23 heavy (non-hydrogen) atoms. The fraction of sp³-hybridized carbons (Fsp3) is 0.200. The lowest BCUT2D eigenvalue weighted by molar-refractivity contribution is -0.137. The number of aliphatic imine (C=N–C) groups is 1. The van der Waals surface area contributed by atoms with Crippen molar-refractivity contribution in [2.24, 2.45) is 4.99 Å². The molecule has 1 aromatic heterocycles. The minimum absolute atomic E-state index is 0.121. The SMILES string of the molecule is COC(=NCc1ccco1)NC(=O)c1cccc(C(F)(F)F)c1. The topological polar surface area (TPSA) is 63.8 Å². The van der Waals surface area contributed by atoms with Gasteiger partial charge in [0.25, 0.3) is 11.9 Å². The molecule has 0 aliphatic carbocycles. The Bertz CT molecular complexity index is 694. The molecule has 1 N–H and O–H groups in total. The van der Waals surface area contributed by atoms with Gasteiger partial charge in [-0.1, -0.05) is 6.07 Å². The first-order chi connectivity index (χ1) is 10.9. The van der Waals surface area contributed by atoms with Crippen LogP contribution in [0, 0.1) is 0 Å². The van der Waals surface area contributed by atoms with Crippen molar-refractivity contribution in [3.8, 4) is 0 Å². The number of carbonyl (C=O) groups is 1. The van der Waals surface area contributed by atoms with Crippen LogP contribution in [0.25, 0.3) is 0 Å². The van der Waals surface area contributed by atoms with Gasteiger partial charge in [-0.3, -0.25) is 10.1 Å². The first kappa shape index (κ1) is 16.6. The molecule has 0 radical (unpaired) electrons. The summed E-state index contributed by atoms with van der Waals surface area (Å²) in [4.78, 5) is 16.0. The van der Waals surface area contributed by atoms with Crippen molar-refractivity contribution in [3.63, 3.8) is 0 Å².